The Balaban J connectivity index is 1.65. The number of anilines is 2. The molecule has 0 bridgehead atoms. The van der Waals surface area contributed by atoms with Gasteiger partial charge in [-0.2, -0.15) is 0 Å². The number of carbonyl (C=O) groups excluding carboxylic acids is 3. The third kappa shape index (κ3) is 3.96. The van der Waals surface area contributed by atoms with Crippen molar-refractivity contribution in [3.8, 4) is 11.4 Å². The van der Waals surface area contributed by atoms with Gasteiger partial charge >= 0.3 is 6.03 Å². The number of aryl methyl sites for hydroxylation is 1. The molecule has 5 rings (SSSR count). The monoisotopic (exact) mass is 477 g/mol. The number of hydrogen-bond acceptors (Lipinski definition) is 4. The number of methoxy groups -OCH3 is 1. The summed E-state index contributed by atoms with van der Waals surface area (Å²) in [5, 5.41) is 0. The van der Waals surface area contributed by atoms with E-state index in [-0.39, 0.29) is 5.57 Å². The fourth-order valence-electron chi connectivity index (χ4n) is 4.24. The van der Waals surface area contributed by atoms with Crippen molar-refractivity contribution in [2.24, 2.45) is 0 Å². The number of benzene rings is 3. The van der Waals surface area contributed by atoms with E-state index in [2.05, 4.69) is 0 Å². The second kappa shape index (κ2) is 9.38. The zero-order valence-corrected chi connectivity index (χ0v) is 19.8. The van der Waals surface area contributed by atoms with Crippen LogP contribution in [-0.2, 0) is 9.59 Å². The first kappa shape index (κ1) is 22.9. The predicted octanol–water partition coefficient (Wildman–Crippen LogP) is 5.38. The smallest absolute Gasteiger partial charge is 0.343 e. The Kier molecular flexibility index (Phi) is 5.96. The van der Waals surface area contributed by atoms with E-state index in [9.17, 15) is 14.4 Å². The third-order valence-corrected chi connectivity index (χ3v) is 6.01. The van der Waals surface area contributed by atoms with Gasteiger partial charge in [-0.15, -0.1) is 0 Å². The molecule has 7 heteroatoms. The summed E-state index contributed by atoms with van der Waals surface area (Å²) in [5.74, 6) is -0.636. The van der Waals surface area contributed by atoms with Crippen molar-refractivity contribution >= 4 is 35.3 Å². The van der Waals surface area contributed by atoms with Crippen molar-refractivity contribution in [2.45, 2.75) is 6.92 Å². The molecule has 0 radical (unpaired) electrons. The fourth-order valence-corrected chi connectivity index (χ4v) is 4.24. The maximum atomic E-state index is 13.6. The van der Waals surface area contributed by atoms with Crippen LogP contribution in [-0.4, -0.2) is 29.5 Å². The molecule has 7 nitrogen and oxygen atoms in total. The minimum atomic E-state index is -0.721. The van der Waals surface area contributed by atoms with E-state index in [1.165, 1.54) is 0 Å². The number of rotatable bonds is 5. The minimum absolute atomic E-state index is 0.116. The number of carbonyl (C=O) groups is 3. The van der Waals surface area contributed by atoms with Crippen LogP contribution in [0.15, 0.2) is 103 Å². The molecule has 1 saturated heterocycles. The van der Waals surface area contributed by atoms with Gasteiger partial charge < -0.3 is 9.30 Å². The fraction of sp³-hybridized carbons (Fsp3) is 0.0690. The summed E-state index contributed by atoms with van der Waals surface area (Å²) in [4.78, 5) is 42.8. The normalized spacial score (nSPS) is 13.8. The lowest BCUT2D eigenvalue weighted by Crippen LogP contribution is -2.57. The van der Waals surface area contributed by atoms with Crippen LogP contribution < -0.4 is 14.5 Å². The highest BCUT2D eigenvalue weighted by atomic mass is 16.5. The molecule has 0 saturated carbocycles. The molecule has 36 heavy (non-hydrogen) atoms. The van der Waals surface area contributed by atoms with E-state index < -0.39 is 17.8 Å². The lowest BCUT2D eigenvalue weighted by Gasteiger charge is -2.34. The van der Waals surface area contributed by atoms with E-state index in [1.807, 2.05) is 47.9 Å². The van der Waals surface area contributed by atoms with Crippen molar-refractivity contribution in [3.63, 3.8) is 0 Å². The molecular weight excluding hydrogens is 454 g/mol. The van der Waals surface area contributed by atoms with Gasteiger partial charge in [0.2, 0.25) is 0 Å². The van der Waals surface area contributed by atoms with E-state index in [1.54, 1.807) is 73.8 Å². The van der Waals surface area contributed by atoms with Crippen LogP contribution in [0.1, 0.15) is 11.4 Å². The minimum Gasteiger partial charge on any atom is -0.497 e. The third-order valence-electron chi connectivity index (χ3n) is 6.01. The molecule has 178 valence electrons. The van der Waals surface area contributed by atoms with Crippen molar-refractivity contribution < 1.29 is 19.1 Å². The molecule has 3 aromatic carbocycles. The summed E-state index contributed by atoms with van der Waals surface area (Å²) in [6, 6.07) is 27.7. The maximum absolute atomic E-state index is 13.6. The highest BCUT2D eigenvalue weighted by molar-refractivity contribution is 6.46. The molecule has 0 unspecified atom stereocenters. The summed E-state index contributed by atoms with van der Waals surface area (Å²) in [6.45, 7) is 1.94. The first-order valence-electron chi connectivity index (χ1n) is 11.4. The average Bonchev–Trinajstić information content (AvgIpc) is 3.27. The molecule has 1 aromatic heterocycles. The molecule has 1 fully saturated rings. The Morgan fingerprint density at radius 3 is 1.67 bits per heavy atom. The van der Waals surface area contributed by atoms with E-state index in [0.29, 0.717) is 17.1 Å². The van der Waals surface area contributed by atoms with Crippen LogP contribution >= 0.6 is 0 Å². The molecule has 0 spiro atoms. The van der Waals surface area contributed by atoms with Crippen LogP contribution in [0.3, 0.4) is 0 Å². The molecule has 0 atom stereocenters. The molecule has 1 aliphatic heterocycles. The number of imide groups is 2. The molecule has 4 aromatic rings. The summed E-state index contributed by atoms with van der Waals surface area (Å²) >= 11 is 0. The number of para-hydroxylation sites is 2. The number of amides is 4. The first-order chi connectivity index (χ1) is 17.5. The topological polar surface area (TPSA) is 71.8 Å². The standard InChI is InChI=1S/C29H23N3O4/c1-20-13-14-24(30(20)23-15-17-25(36-2)18-16-23)19-26-27(33)31(21-9-5-3-6-10-21)29(35)32(28(26)34)22-11-7-4-8-12-22/h3-19H,1-2H3. The Labute approximate surface area is 208 Å². The van der Waals surface area contributed by atoms with Gasteiger partial charge in [0.1, 0.15) is 11.3 Å². The lowest BCUT2D eigenvalue weighted by molar-refractivity contribution is -0.121. The van der Waals surface area contributed by atoms with Gasteiger partial charge in [0, 0.05) is 17.1 Å². The number of ether oxygens (including phenoxy) is 1. The average molecular weight is 478 g/mol. The SMILES string of the molecule is COc1ccc(-n2c(C)ccc2C=C2C(=O)N(c3ccccc3)C(=O)N(c3ccccc3)C2=O)cc1. The van der Waals surface area contributed by atoms with Gasteiger partial charge in [-0.05, 0) is 73.7 Å². The van der Waals surface area contributed by atoms with Crippen molar-refractivity contribution in [2.75, 3.05) is 16.9 Å². The summed E-state index contributed by atoms with van der Waals surface area (Å²) < 4.78 is 7.19. The molecule has 2 heterocycles. The number of barbiturate groups is 1. The Morgan fingerprint density at radius 1 is 0.639 bits per heavy atom. The summed E-state index contributed by atoms with van der Waals surface area (Å²) in [7, 11) is 1.60. The van der Waals surface area contributed by atoms with Crippen LogP contribution in [0.5, 0.6) is 5.75 Å². The van der Waals surface area contributed by atoms with Crippen molar-refractivity contribution in [1.82, 2.24) is 4.57 Å². The number of aromatic nitrogens is 1. The second-order valence-electron chi connectivity index (χ2n) is 8.23. The molecule has 0 aliphatic carbocycles. The zero-order chi connectivity index (χ0) is 25.2. The van der Waals surface area contributed by atoms with E-state index >= 15 is 0 Å². The van der Waals surface area contributed by atoms with Gasteiger partial charge in [-0.25, -0.2) is 14.6 Å². The number of nitrogens with zero attached hydrogens (tertiary/aromatic N) is 3. The predicted molar refractivity (Wildman–Crippen MR) is 138 cm³/mol. The highest BCUT2D eigenvalue weighted by Gasteiger charge is 2.43. The maximum Gasteiger partial charge on any atom is 0.343 e. The number of hydrogen-bond donors (Lipinski definition) is 0. The van der Waals surface area contributed by atoms with Crippen LogP contribution in [0.25, 0.3) is 11.8 Å². The van der Waals surface area contributed by atoms with Crippen LogP contribution in [0.4, 0.5) is 16.2 Å². The van der Waals surface area contributed by atoms with Gasteiger partial charge in [0.25, 0.3) is 11.8 Å². The van der Waals surface area contributed by atoms with E-state index in [4.69, 9.17) is 4.74 Å². The quantitative estimate of drug-likeness (QED) is 0.286. The highest BCUT2D eigenvalue weighted by Crippen LogP contribution is 2.30. The van der Waals surface area contributed by atoms with Gasteiger partial charge in [0.05, 0.1) is 18.5 Å². The van der Waals surface area contributed by atoms with Gasteiger partial charge in [0.15, 0.2) is 0 Å². The molecular formula is C29H23N3O4. The summed E-state index contributed by atoms with van der Waals surface area (Å²) in [6.07, 6.45) is 1.54. The Morgan fingerprint density at radius 2 is 1.17 bits per heavy atom. The van der Waals surface area contributed by atoms with Crippen LogP contribution in [0, 0.1) is 6.92 Å². The Hall–Kier alpha value is -4.91. The molecule has 0 N–H and O–H groups in total. The zero-order valence-electron chi connectivity index (χ0n) is 19.8. The van der Waals surface area contributed by atoms with Crippen molar-refractivity contribution in [1.29, 1.82) is 0 Å². The Bertz CT molecular complexity index is 1410. The van der Waals surface area contributed by atoms with Gasteiger partial charge in [-0.3, -0.25) is 9.59 Å². The van der Waals surface area contributed by atoms with Crippen LogP contribution in [0.2, 0.25) is 0 Å². The van der Waals surface area contributed by atoms with Gasteiger partial charge in [-0.1, -0.05) is 36.4 Å². The summed E-state index contributed by atoms with van der Waals surface area (Å²) in [5.41, 5.74) is 3.04. The van der Waals surface area contributed by atoms with E-state index in [0.717, 1.165) is 26.9 Å². The second-order valence-corrected chi connectivity index (χ2v) is 8.23. The molecule has 1 aliphatic rings. The van der Waals surface area contributed by atoms with Crippen molar-refractivity contribution in [3.05, 3.63) is 114 Å². The lowest BCUT2D eigenvalue weighted by atomic mass is 10.1. The first-order valence-corrected chi connectivity index (χ1v) is 11.4. The molecule has 4 amide bonds. The number of urea groups is 1. The largest absolute Gasteiger partial charge is 0.497 e.